The van der Waals surface area contributed by atoms with Crippen LogP contribution in [0.5, 0.6) is 5.75 Å². The number of halogens is 3. The van der Waals surface area contributed by atoms with Crippen LogP contribution in [0.4, 0.5) is 13.2 Å². The molecule has 3 aromatic carbocycles. The second-order valence-corrected chi connectivity index (χ2v) is 8.85. The first-order valence-electron chi connectivity index (χ1n) is 8.66. The van der Waals surface area contributed by atoms with Gasteiger partial charge in [0, 0.05) is 17.0 Å². The van der Waals surface area contributed by atoms with Gasteiger partial charge in [-0.2, -0.15) is 4.39 Å². The molecule has 0 radical (unpaired) electrons. The normalized spacial score (nSPS) is 11.4. The van der Waals surface area contributed by atoms with Gasteiger partial charge >= 0.3 is 8.56 Å². The van der Waals surface area contributed by atoms with Crippen molar-refractivity contribution in [2.24, 2.45) is 0 Å². The summed E-state index contributed by atoms with van der Waals surface area (Å²) < 4.78 is 53.8. The molecule has 3 rings (SSSR count). The molecule has 0 bridgehead atoms. The molecule has 0 atom stereocenters. The molecule has 27 heavy (non-hydrogen) atoms. The maximum Gasteiger partial charge on any atom is 0.468 e. The molecule has 0 N–H and O–H groups in total. The Morgan fingerprint density at radius 2 is 1.30 bits per heavy atom. The zero-order valence-electron chi connectivity index (χ0n) is 14.8. The topological polar surface area (TPSA) is 18.5 Å². The summed E-state index contributed by atoms with van der Waals surface area (Å²) in [5.74, 6) is -4.56. The zero-order chi connectivity index (χ0) is 19.3. The van der Waals surface area contributed by atoms with Crippen molar-refractivity contribution in [3.8, 4) is 5.75 Å². The molecule has 0 aliphatic carbocycles. The second-order valence-electron chi connectivity index (χ2n) is 5.97. The van der Waals surface area contributed by atoms with Crippen LogP contribution in [-0.2, 0) is 4.43 Å². The molecule has 0 saturated heterocycles. The third-order valence-electron chi connectivity index (χ3n) is 4.07. The quantitative estimate of drug-likeness (QED) is 0.447. The van der Waals surface area contributed by atoms with Crippen LogP contribution in [0.25, 0.3) is 0 Å². The lowest BCUT2D eigenvalue weighted by molar-refractivity contribution is 0.255. The lowest BCUT2D eigenvalue weighted by Crippen LogP contribution is -2.66. The van der Waals surface area contributed by atoms with E-state index in [4.69, 9.17) is 8.85 Å². The minimum Gasteiger partial charge on any atom is -0.511 e. The van der Waals surface area contributed by atoms with Crippen molar-refractivity contribution in [3.05, 3.63) is 90.2 Å². The predicted octanol–water partition coefficient (Wildman–Crippen LogP) is 4.17. The van der Waals surface area contributed by atoms with E-state index in [0.29, 0.717) is 6.61 Å². The van der Waals surface area contributed by atoms with Crippen LogP contribution >= 0.6 is 0 Å². The van der Waals surface area contributed by atoms with Gasteiger partial charge < -0.3 is 8.85 Å². The predicted molar refractivity (Wildman–Crippen MR) is 101 cm³/mol. The van der Waals surface area contributed by atoms with Gasteiger partial charge in [-0.3, -0.25) is 0 Å². The van der Waals surface area contributed by atoms with E-state index in [9.17, 15) is 13.2 Å². The van der Waals surface area contributed by atoms with E-state index in [1.54, 1.807) is 0 Å². The van der Waals surface area contributed by atoms with Crippen molar-refractivity contribution in [2.45, 2.75) is 13.3 Å². The highest BCUT2D eigenvalue weighted by Crippen LogP contribution is 2.25. The van der Waals surface area contributed by atoms with E-state index >= 15 is 0 Å². The minimum absolute atomic E-state index is 0.371. The highest BCUT2D eigenvalue weighted by Gasteiger charge is 2.45. The van der Waals surface area contributed by atoms with Crippen LogP contribution in [0.2, 0.25) is 0 Å². The molecule has 0 saturated carbocycles. The molecule has 3 aromatic rings. The van der Waals surface area contributed by atoms with E-state index in [1.807, 2.05) is 67.6 Å². The average Bonchev–Trinajstić information content (AvgIpc) is 2.72. The maximum absolute atomic E-state index is 14.4. The monoisotopic (exact) mass is 388 g/mol. The Bertz CT molecular complexity index is 849. The van der Waals surface area contributed by atoms with Gasteiger partial charge in [-0.1, -0.05) is 67.6 Å². The molecule has 0 amide bonds. The van der Waals surface area contributed by atoms with E-state index < -0.39 is 26.0 Å². The summed E-state index contributed by atoms with van der Waals surface area (Å²) in [6, 6.07) is 20.3. The first-order valence-corrected chi connectivity index (χ1v) is 10.5. The van der Waals surface area contributed by atoms with Crippen molar-refractivity contribution < 1.29 is 22.0 Å². The Labute approximate surface area is 157 Å². The smallest absolute Gasteiger partial charge is 0.468 e. The van der Waals surface area contributed by atoms with Crippen LogP contribution < -0.4 is 14.8 Å². The molecule has 0 spiro atoms. The summed E-state index contributed by atoms with van der Waals surface area (Å²) in [5.41, 5.74) is 0. The summed E-state index contributed by atoms with van der Waals surface area (Å²) in [7, 11) is -3.41. The lowest BCUT2D eigenvalue weighted by atomic mass is 10.3. The summed E-state index contributed by atoms with van der Waals surface area (Å²) >= 11 is 0. The van der Waals surface area contributed by atoms with E-state index in [2.05, 4.69) is 0 Å². The fraction of sp³-hybridized carbons (Fsp3) is 0.143. The van der Waals surface area contributed by atoms with Crippen molar-refractivity contribution in [3.63, 3.8) is 0 Å². The van der Waals surface area contributed by atoms with Crippen molar-refractivity contribution in [2.75, 3.05) is 6.61 Å². The Hall–Kier alpha value is -2.57. The largest absolute Gasteiger partial charge is 0.511 e. The van der Waals surface area contributed by atoms with E-state index in [-0.39, 0.29) is 5.75 Å². The van der Waals surface area contributed by atoms with Gasteiger partial charge in [-0.25, -0.2) is 8.78 Å². The van der Waals surface area contributed by atoms with Crippen molar-refractivity contribution in [1.29, 1.82) is 0 Å². The molecule has 2 nitrogen and oxygen atoms in total. The van der Waals surface area contributed by atoms with Crippen LogP contribution in [0.3, 0.4) is 0 Å². The van der Waals surface area contributed by atoms with Gasteiger partial charge in [0.25, 0.3) is 0 Å². The highest BCUT2D eigenvalue weighted by atomic mass is 28.4. The fourth-order valence-electron chi connectivity index (χ4n) is 2.78. The van der Waals surface area contributed by atoms with Gasteiger partial charge in [0.1, 0.15) is 5.75 Å². The highest BCUT2D eigenvalue weighted by molar-refractivity contribution is 6.93. The Morgan fingerprint density at radius 1 is 0.741 bits per heavy atom. The molecule has 6 heteroatoms. The fourth-order valence-corrected chi connectivity index (χ4v) is 5.97. The third-order valence-corrected chi connectivity index (χ3v) is 7.38. The van der Waals surface area contributed by atoms with E-state index in [1.165, 1.54) is 0 Å². The van der Waals surface area contributed by atoms with Crippen molar-refractivity contribution >= 4 is 18.9 Å². The first kappa shape index (κ1) is 19.2. The Morgan fingerprint density at radius 3 is 1.81 bits per heavy atom. The molecule has 0 heterocycles. The summed E-state index contributed by atoms with van der Waals surface area (Å²) in [6.07, 6.45) is 0.720. The molecule has 0 aliphatic heterocycles. The summed E-state index contributed by atoms with van der Waals surface area (Å²) in [5, 5.41) is 1.49. The van der Waals surface area contributed by atoms with Crippen LogP contribution in [-0.4, -0.2) is 15.2 Å². The second kappa shape index (κ2) is 8.41. The van der Waals surface area contributed by atoms with Gasteiger partial charge in [0.15, 0.2) is 11.6 Å². The van der Waals surface area contributed by atoms with Crippen LogP contribution in [0, 0.1) is 17.5 Å². The zero-order valence-corrected chi connectivity index (χ0v) is 15.8. The van der Waals surface area contributed by atoms with E-state index in [0.717, 1.165) is 28.9 Å². The Kier molecular flexibility index (Phi) is 5.98. The lowest BCUT2D eigenvalue weighted by Gasteiger charge is -2.32. The molecule has 0 aliphatic rings. The SMILES string of the molecule is CCCO[Si](Oc1ccc(F)c(F)c1F)(c1ccccc1)c1ccccc1. The Balaban J connectivity index is 2.18. The van der Waals surface area contributed by atoms with Gasteiger partial charge in [0.2, 0.25) is 5.82 Å². The molecule has 140 valence electrons. The van der Waals surface area contributed by atoms with Gasteiger partial charge in [-0.15, -0.1) is 0 Å². The number of hydrogen-bond acceptors (Lipinski definition) is 2. The summed E-state index contributed by atoms with van der Waals surface area (Å²) in [6.45, 7) is 2.33. The first-order chi connectivity index (χ1) is 13.1. The summed E-state index contributed by atoms with van der Waals surface area (Å²) in [4.78, 5) is 0. The maximum atomic E-state index is 14.4. The third kappa shape index (κ3) is 3.91. The molecular formula is C21H19F3O2Si. The van der Waals surface area contributed by atoms with Gasteiger partial charge in [-0.05, 0) is 18.6 Å². The molecular weight excluding hydrogens is 369 g/mol. The van der Waals surface area contributed by atoms with Crippen molar-refractivity contribution in [1.82, 2.24) is 0 Å². The van der Waals surface area contributed by atoms with Crippen LogP contribution in [0.1, 0.15) is 13.3 Å². The van der Waals surface area contributed by atoms with Crippen LogP contribution in [0.15, 0.2) is 72.8 Å². The molecule has 0 aromatic heterocycles. The molecule has 0 unspecified atom stereocenters. The number of hydrogen-bond donors (Lipinski definition) is 0. The minimum atomic E-state index is -3.41. The number of rotatable bonds is 7. The molecule has 0 fully saturated rings. The van der Waals surface area contributed by atoms with Gasteiger partial charge in [0.05, 0.1) is 0 Å². The average molecular weight is 388 g/mol. The number of benzene rings is 3. The standard InChI is InChI=1S/C21H19F3O2Si/c1-2-15-25-27(16-9-5-3-6-10-16,17-11-7-4-8-12-17)26-19-14-13-18(22)20(23)21(19)24/h3-14H,2,15H2,1H3.